The Bertz CT molecular complexity index is 494. The minimum atomic E-state index is -0.209. The minimum absolute atomic E-state index is 0.209. The van der Waals surface area contributed by atoms with Crippen LogP contribution in [-0.2, 0) is 6.42 Å². The molecular weight excluding hydrogens is 233 g/mol. The molecule has 17 heavy (non-hydrogen) atoms. The molecule has 0 amide bonds. The van der Waals surface area contributed by atoms with Crippen molar-refractivity contribution in [3.05, 3.63) is 40.5 Å². The predicted molar refractivity (Wildman–Crippen MR) is 70.7 cm³/mol. The molecule has 0 saturated carbocycles. The normalized spacial score (nSPS) is 11.8. The fourth-order valence-corrected chi connectivity index (χ4v) is 2.70. The van der Waals surface area contributed by atoms with E-state index in [2.05, 4.69) is 25.8 Å². The van der Waals surface area contributed by atoms with E-state index in [1.54, 1.807) is 23.5 Å². The summed E-state index contributed by atoms with van der Waals surface area (Å²) in [6.07, 6.45) is 0.971. The van der Waals surface area contributed by atoms with E-state index in [0.29, 0.717) is 0 Å². The molecule has 1 nitrogen and oxygen atoms in total. The highest BCUT2D eigenvalue weighted by Gasteiger charge is 2.14. The second-order valence-corrected chi connectivity index (χ2v) is 6.31. The summed E-state index contributed by atoms with van der Waals surface area (Å²) < 4.78 is 12.8. The van der Waals surface area contributed by atoms with Gasteiger partial charge < -0.3 is 0 Å². The first-order valence-corrected chi connectivity index (χ1v) is 6.52. The van der Waals surface area contributed by atoms with Crippen molar-refractivity contribution in [1.29, 1.82) is 0 Å². The molecule has 2 aromatic rings. The largest absolute Gasteiger partial charge is 0.241 e. The fraction of sp³-hybridized carbons (Fsp3) is 0.357. The molecule has 0 atom stereocenters. The molecule has 1 aromatic carbocycles. The molecule has 0 N–H and O–H groups in total. The van der Waals surface area contributed by atoms with Gasteiger partial charge in [-0.1, -0.05) is 20.8 Å². The Hall–Kier alpha value is -1.22. The first-order chi connectivity index (χ1) is 7.94. The first-order valence-electron chi connectivity index (χ1n) is 5.64. The van der Waals surface area contributed by atoms with Gasteiger partial charge in [-0.05, 0) is 29.7 Å². The van der Waals surface area contributed by atoms with Crippen molar-refractivity contribution in [3.8, 4) is 11.3 Å². The summed E-state index contributed by atoms with van der Waals surface area (Å²) in [4.78, 5) is 4.59. The molecule has 3 heteroatoms. The van der Waals surface area contributed by atoms with Gasteiger partial charge >= 0.3 is 0 Å². The van der Waals surface area contributed by atoms with Crippen LogP contribution in [0, 0.1) is 11.2 Å². The van der Waals surface area contributed by atoms with E-state index in [1.807, 2.05) is 5.38 Å². The molecule has 0 bridgehead atoms. The molecule has 1 heterocycles. The van der Waals surface area contributed by atoms with Crippen LogP contribution in [0.15, 0.2) is 29.6 Å². The van der Waals surface area contributed by atoms with Crippen molar-refractivity contribution in [2.45, 2.75) is 27.2 Å². The average molecular weight is 249 g/mol. The van der Waals surface area contributed by atoms with Crippen LogP contribution in [0.2, 0.25) is 0 Å². The lowest BCUT2D eigenvalue weighted by atomic mass is 9.93. The highest BCUT2D eigenvalue weighted by Crippen LogP contribution is 2.27. The smallest absolute Gasteiger partial charge is 0.123 e. The SMILES string of the molecule is CC(C)(C)Cc1nc(-c2ccc(F)cc2)cs1. The number of hydrogen-bond donors (Lipinski definition) is 0. The Morgan fingerprint density at radius 2 is 1.82 bits per heavy atom. The molecule has 0 aliphatic rings. The Kier molecular flexibility index (Phi) is 3.29. The third-order valence-corrected chi connectivity index (χ3v) is 3.22. The van der Waals surface area contributed by atoms with E-state index in [-0.39, 0.29) is 11.2 Å². The van der Waals surface area contributed by atoms with Gasteiger partial charge in [0, 0.05) is 17.4 Å². The summed E-state index contributed by atoms with van der Waals surface area (Å²) in [5.74, 6) is -0.209. The van der Waals surface area contributed by atoms with Gasteiger partial charge in [-0.3, -0.25) is 0 Å². The van der Waals surface area contributed by atoms with E-state index in [0.717, 1.165) is 22.7 Å². The number of halogens is 1. The van der Waals surface area contributed by atoms with Crippen molar-refractivity contribution in [2.75, 3.05) is 0 Å². The summed E-state index contributed by atoms with van der Waals surface area (Å²) in [6, 6.07) is 6.48. The summed E-state index contributed by atoms with van der Waals surface area (Å²) in [6.45, 7) is 6.60. The lowest BCUT2D eigenvalue weighted by molar-refractivity contribution is 0.410. The topological polar surface area (TPSA) is 12.9 Å². The van der Waals surface area contributed by atoms with Crippen LogP contribution in [0.4, 0.5) is 4.39 Å². The van der Waals surface area contributed by atoms with Crippen molar-refractivity contribution < 1.29 is 4.39 Å². The Balaban J connectivity index is 2.21. The average Bonchev–Trinajstić information content (AvgIpc) is 2.64. The van der Waals surface area contributed by atoms with Crippen LogP contribution in [0.3, 0.4) is 0 Å². The van der Waals surface area contributed by atoms with E-state index >= 15 is 0 Å². The molecule has 0 spiro atoms. The molecule has 1 aromatic heterocycles. The predicted octanol–water partition coefficient (Wildman–Crippen LogP) is 4.54. The lowest BCUT2D eigenvalue weighted by Gasteiger charge is -2.15. The third kappa shape index (κ3) is 3.37. The molecule has 0 unspecified atom stereocenters. The van der Waals surface area contributed by atoms with Crippen LogP contribution in [0.1, 0.15) is 25.8 Å². The number of aromatic nitrogens is 1. The quantitative estimate of drug-likeness (QED) is 0.761. The van der Waals surface area contributed by atoms with Gasteiger partial charge in [0.15, 0.2) is 0 Å². The zero-order chi connectivity index (χ0) is 12.5. The van der Waals surface area contributed by atoms with Crippen molar-refractivity contribution in [1.82, 2.24) is 4.98 Å². The van der Waals surface area contributed by atoms with Crippen LogP contribution < -0.4 is 0 Å². The van der Waals surface area contributed by atoms with E-state index in [1.165, 1.54) is 12.1 Å². The highest BCUT2D eigenvalue weighted by molar-refractivity contribution is 7.09. The monoisotopic (exact) mass is 249 g/mol. The van der Waals surface area contributed by atoms with E-state index in [9.17, 15) is 4.39 Å². The van der Waals surface area contributed by atoms with Crippen molar-refractivity contribution in [3.63, 3.8) is 0 Å². The van der Waals surface area contributed by atoms with Gasteiger partial charge in [0.25, 0.3) is 0 Å². The second-order valence-electron chi connectivity index (χ2n) is 5.37. The Morgan fingerprint density at radius 1 is 1.18 bits per heavy atom. The summed E-state index contributed by atoms with van der Waals surface area (Å²) in [5.41, 5.74) is 2.16. The first kappa shape index (κ1) is 12.2. The van der Waals surface area contributed by atoms with Crippen LogP contribution in [0.25, 0.3) is 11.3 Å². The van der Waals surface area contributed by atoms with Gasteiger partial charge in [-0.25, -0.2) is 9.37 Å². The van der Waals surface area contributed by atoms with Gasteiger partial charge in [0.05, 0.1) is 10.7 Å². The molecule has 0 aliphatic carbocycles. The number of rotatable bonds is 2. The van der Waals surface area contributed by atoms with Gasteiger partial charge in [0.2, 0.25) is 0 Å². The summed E-state index contributed by atoms with van der Waals surface area (Å²) in [7, 11) is 0. The molecular formula is C14H16FNS. The second kappa shape index (κ2) is 4.57. The summed E-state index contributed by atoms with van der Waals surface area (Å²) >= 11 is 1.67. The summed E-state index contributed by atoms with van der Waals surface area (Å²) in [5, 5.41) is 3.17. The van der Waals surface area contributed by atoms with Gasteiger partial charge in [-0.2, -0.15) is 0 Å². The van der Waals surface area contributed by atoms with Crippen LogP contribution in [-0.4, -0.2) is 4.98 Å². The number of thiazole rings is 1. The zero-order valence-corrected chi connectivity index (χ0v) is 11.1. The Morgan fingerprint density at radius 3 is 2.41 bits per heavy atom. The molecule has 2 rings (SSSR count). The molecule has 90 valence electrons. The maximum absolute atomic E-state index is 12.8. The minimum Gasteiger partial charge on any atom is -0.241 e. The fourth-order valence-electron chi connectivity index (χ4n) is 1.60. The zero-order valence-electron chi connectivity index (χ0n) is 10.3. The van der Waals surface area contributed by atoms with E-state index < -0.39 is 0 Å². The van der Waals surface area contributed by atoms with Crippen molar-refractivity contribution >= 4 is 11.3 Å². The molecule has 0 saturated heterocycles. The maximum atomic E-state index is 12.8. The molecule has 0 fully saturated rings. The van der Waals surface area contributed by atoms with Gasteiger partial charge in [-0.15, -0.1) is 11.3 Å². The molecule has 0 aliphatic heterocycles. The number of benzene rings is 1. The van der Waals surface area contributed by atoms with Gasteiger partial charge in [0.1, 0.15) is 5.82 Å². The number of nitrogens with zero attached hydrogens (tertiary/aromatic N) is 1. The lowest BCUT2D eigenvalue weighted by Crippen LogP contribution is -2.08. The van der Waals surface area contributed by atoms with Crippen LogP contribution >= 0.6 is 11.3 Å². The molecule has 0 radical (unpaired) electrons. The third-order valence-electron chi connectivity index (χ3n) is 2.37. The maximum Gasteiger partial charge on any atom is 0.123 e. The number of hydrogen-bond acceptors (Lipinski definition) is 2. The van der Waals surface area contributed by atoms with Crippen molar-refractivity contribution in [2.24, 2.45) is 5.41 Å². The Labute approximate surface area is 105 Å². The standard InChI is InChI=1S/C14H16FNS/c1-14(2,3)8-13-16-12(9-17-13)10-4-6-11(15)7-5-10/h4-7,9H,8H2,1-3H3. The van der Waals surface area contributed by atoms with Crippen LogP contribution in [0.5, 0.6) is 0 Å². The highest BCUT2D eigenvalue weighted by atomic mass is 32.1. The van der Waals surface area contributed by atoms with E-state index in [4.69, 9.17) is 0 Å².